The van der Waals surface area contributed by atoms with Gasteiger partial charge in [-0.15, -0.1) is 0 Å². The van der Waals surface area contributed by atoms with Gasteiger partial charge in [-0.3, -0.25) is 9.69 Å². The van der Waals surface area contributed by atoms with Crippen molar-refractivity contribution in [2.24, 2.45) is 5.73 Å². The van der Waals surface area contributed by atoms with E-state index in [1.54, 1.807) is 24.3 Å². The Morgan fingerprint density at radius 3 is 2.50 bits per heavy atom. The van der Waals surface area contributed by atoms with Crippen LogP contribution in [0.1, 0.15) is 48.1 Å². The number of nitrogens with two attached hydrogens (primary N) is 1. The molecule has 0 aromatic heterocycles. The number of likely N-dealkylation sites (tertiary alicyclic amines) is 1. The van der Waals surface area contributed by atoms with Crippen LogP contribution in [0.3, 0.4) is 0 Å². The first-order valence-electron chi connectivity index (χ1n) is 8.88. The van der Waals surface area contributed by atoms with Gasteiger partial charge in [-0.2, -0.15) is 5.26 Å². The second-order valence-electron chi connectivity index (χ2n) is 6.73. The second-order valence-corrected chi connectivity index (χ2v) is 6.73. The molecule has 1 aliphatic rings. The normalized spacial score (nSPS) is 19.6. The maximum atomic E-state index is 12.2. The molecular weight excluding hydrogens is 326 g/mol. The molecule has 26 heavy (non-hydrogen) atoms. The number of nitrogens with zero attached hydrogens (tertiary/aromatic N) is 2. The summed E-state index contributed by atoms with van der Waals surface area (Å²) in [6.07, 6.45) is 1.87. The average Bonchev–Trinajstić information content (AvgIpc) is 3.10. The molecule has 2 aromatic carbocycles. The van der Waals surface area contributed by atoms with Crippen molar-refractivity contribution in [3.63, 3.8) is 0 Å². The highest BCUT2D eigenvalue weighted by molar-refractivity contribution is 5.81. The largest absolute Gasteiger partial charge is 0.388 e. The number of nitriles is 1. The van der Waals surface area contributed by atoms with Crippen molar-refractivity contribution in [3.8, 4) is 6.07 Å². The summed E-state index contributed by atoms with van der Waals surface area (Å²) in [4.78, 5) is 14.3. The molecule has 0 bridgehead atoms. The molecule has 3 N–H and O–H groups in total. The van der Waals surface area contributed by atoms with Crippen LogP contribution < -0.4 is 5.73 Å². The Labute approximate surface area is 153 Å². The van der Waals surface area contributed by atoms with Crippen LogP contribution in [0.2, 0.25) is 0 Å². The number of benzene rings is 2. The topological polar surface area (TPSA) is 90.3 Å². The SMILES string of the molecule is N#Cc1ccc(C(C(N)=O)N2CCCC2CC(O)c2ccccc2)cc1. The molecule has 3 rings (SSSR count). The van der Waals surface area contributed by atoms with E-state index in [0.29, 0.717) is 12.0 Å². The maximum absolute atomic E-state index is 12.2. The fraction of sp³-hybridized carbons (Fsp3) is 0.333. The molecule has 1 amide bonds. The fourth-order valence-electron chi connectivity index (χ4n) is 3.78. The summed E-state index contributed by atoms with van der Waals surface area (Å²) >= 11 is 0. The third-order valence-corrected chi connectivity index (χ3v) is 5.06. The fourth-order valence-corrected chi connectivity index (χ4v) is 3.78. The monoisotopic (exact) mass is 349 g/mol. The molecule has 134 valence electrons. The highest BCUT2D eigenvalue weighted by atomic mass is 16.3. The second kappa shape index (κ2) is 8.13. The van der Waals surface area contributed by atoms with Gasteiger partial charge < -0.3 is 10.8 Å². The van der Waals surface area contributed by atoms with Gasteiger partial charge in [0.05, 0.1) is 17.7 Å². The zero-order valence-corrected chi connectivity index (χ0v) is 14.6. The average molecular weight is 349 g/mol. The van der Waals surface area contributed by atoms with Gasteiger partial charge in [-0.1, -0.05) is 42.5 Å². The highest BCUT2D eigenvalue weighted by Gasteiger charge is 2.35. The Balaban J connectivity index is 1.79. The summed E-state index contributed by atoms with van der Waals surface area (Å²) in [7, 11) is 0. The lowest BCUT2D eigenvalue weighted by Crippen LogP contribution is -2.41. The first-order valence-corrected chi connectivity index (χ1v) is 8.88. The third kappa shape index (κ3) is 3.93. The molecular formula is C21H23N3O2. The number of rotatable bonds is 6. The Hall–Kier alpha value is -2.68. The quantitative estimate of drug-likeness (QED) is 0.839. The summed E-state index contributed by atoms with van der Waals surface area (Å²) < 4.78 is 0. The van der Waals surface area contributed by atoms with Crippen molar-refractivity contribution < 1.29 is 9.90 Å². The van der Waals surface area contributed by atoms with Gasteiger partial charge in [0, 0.05) is 6.04 Å². The minimum Gasteiger partial charge on any atom is -0.388 e. The third-order valence-electron chi connectivity index (χ3n) is 5.06. The first kappa shape index (κ1) is 18.1. The number of amides is 1. The first-order chi connectivity index (χ1) is 12.6. The molecule has 5 nitrogen and oxygen atoms in total. The van der Waals surface area contributed by atoms with Crippen LogP contribution in [0.4, 0.5) is 0 Å². The zero-order valence-electron chi connectivity index (χ0n) is 14.6. The summed E-state index contributed by atoms with van der Waals surface area (Å²) in [5, 5.41) is 19.5. The number of aliphatic hydroxyl groups excluding tert-OH is 1. The molecule has 1 saturated heterocycles. The van der Waals surface area contributed by atoms with Crippen LogP contribution in [0.15, 0.2) is 54.6 Å². The molecule has 0 radical (unpaired) electrons. The number of hydrogen-bond donors (Lipinski definition) is 2. The van der Waals surface area contributed by atoms with E-state index >= 15 is 0 Å². The van der Waals surface area contributed by atoms with Crippen LogP contribution >= 0.6 is 0 Å². The molecule has 3 unspecified atom stereocenters. The van der Waals surface area contributed by atoms with Crippen LogP contribution in [-0.4, -0.2) is 28.5 Å². The lowest BCUT2D eigenvalue weighted by molar-refractivity contribution is -0.124. The summed E-state index contributed by atoms with van der Waals surface area (Å²) in [6.45, 7) is 0.764. The summed E-state index contributed by atoms with van der Waals surface area (Å²) in [6, 6.07) is 18.2. The van der Waals surface area contributed by atoms with E-state index in [4.69, 9.17) is 11.0 Å². The van der Waals surface area contributed by atoms with Gasteiger partial charge in [0.1, 0.15) is 6.04 Å². The van der Waals surface area contributed by atoms with E-state index in [-0.39, 0.29) is 6.04 Å². The molecule has 3 atom stereocenters. The molecule has 2 aromatic rings. The van der Waals surface area contributed by atoms with Crippen LogP contribution in [0, 0.1) is 11.3 Å². The van der Waals surface area contributed by atoms with Gasteiger partial charge in [-0.25, -0.2) is 0 Å². The Kier molecular flexibility index (Phi) is 5.67. The van der Waals surface area contributed by atoms with Crippen molar-refractivity contribution in [1.29, 1.82) is 5.26 Å². The predicted molar refractivity (Wildman–Crippen MR) is 98.8 cm³/mol. The molecule has 0 saturated carbocycles. The maximum Gasteiger partial charge on any atom is 0.239 e. The standard InChI is InChI=1S/C21H23N3O2/c22-14-15-8-10-17(11-9-15)20(21(23)26)24-12-4-7-18(24)13-19(25)16-5-2-1-3-6-16/h1-3,5-6,8-11,18-20,25H,4,7,12-13H2,(H2,23,26). The van der Waals surface area contributed by atoms with Gasteiger partial charge in [0.2, 0.25) is 5.91 Å². The number of primary amides is 1. The van der Waals surface area contributed by atoms with Crippen molar-refractivity contribution in [3.05, 3.63) is 71.3 Å². The van der Waals surface area contributed by atoms with Crippen LogP contribution in [0.5, 0.6) is 0 Å². The van der Waals surface area contributed by atoms with Crippen molar-refractivity contribution in [2.45, 2.75) is 37.5 Å². The molecule has 1 fully saturated rings. The number of aliphatic hydroxyl groups is 1. The van der Waals surface area contributed by atoms with E-state index in [1.165, 1.54) is 0 Å². The summed E-state index contributed by atoms with van der Waals surface area (Å²) in [5.41, 5.74) is 7.94. The van der Waals surface area contributed by atoms with E-state index in [1.807, 2.05) is 30.3 Å². The molecule has 0 spiro atoms. The van der Waals surface area contributed by atoms with E-state index in [0.717, 1.165) is 30.5 Å². The molecule has 0 aliphatic carbocycles. The summed E-state index contributed by atoms with van der Waals surface area (Å²) in [5.74, 6) is -0.407. The number of hydrogen-bond acceptors (Lipinski definition) is 4. The van der Waals surface area contributed by atoms with Gasteiger partial charge >= 0.3 is 0 Å². The lowest BCUT2D eigenvalue weighted by atomic mass is 9.97. The molecule has 1 aliphatic heterocycles. The Morgan fingerprint density at radius 2 is 1.88 bits per heavy atom. The van der Waals surface area contributed by atoms with E-state index < -0.39 is 18.1 Å². The minimum atomic E-state index is -0.573. The van der Waals surface area contributed by atoms with Gasteiger partial charge in [-0.05, 0) is 49.1 Å². The Bertz CT molecular complexity index is 783. The minimum absolute atomic E-state index is 0.0818. The van der Waals surface area contributed by atoms with Gasteiger partial charge in [0.25, 0.3) is 0 Å². The van der Waals surface area contributed by atoms with E-state index in [2.05, 4.69) is 11.0 Å². The van der Waals surface area contributed by atoms with Crippen LogP contribution in [-0.2, 0) is 4.79 Å². The predicted octanol–water partition coefficient (Wildman–Crippen LogP) is 2.67. The Morgan fingerprint density at radius 1 is 1.19 bits per heavy atom. The number of carbonyl (C=O) groups is 1. The van der Waals surface area contributed by atoms with Crippen molar-refractivity contribution in [1.82, 2.24) is 4.90 Å². The van der Waals surface area contributed by atoms with E-state index in [9.17, 15) is 9.90 Å². The van der Waals surface area contributed by atoms with Gasteiger partial charge in [0.15, 0.2) is 0 Å². The van der Waals surface area contributed by atoms with Crippen molar-refractivity contribution in [2.75, 3.05) is 6.54 Å². The number of carbonyl (C=O) groups excluding carboxylic acids is 1. The zero-order chi connectivity index (χ0) is 18.5. The van der Waals surface area contributed by atoms with Crippen molar-refractivity contribution >= 4 is 5.91 Å². The van der Waals surface area contributed by atoms with Crippen LogP contribution in [0.25, 0.3) is 0 Å². The lowest BCUT2D eigenvalue weighted by Gasteiger charge is -2.32. The molecule has 5 heteroatoms. The highest BCUT2D eigenvalue weighted by Crippen LogP contribution is 2.34. The smallest absolute Gasteiger partial charge is 0.239 e. The molecule has 1 heterocycles.